The summed E-state index contributed by atoms with van der Waals surface area (Å²) in [5.41, 5.74) is 4.12. The summed E-state index contributed by atoms with van der Waals surface area (Å²) in [5.74, 6) is 6.50. The first-order valence-corrected chi connectivity index (χ1v) is 7.79. The van der Waals surface area contributed by atoms with Crippen LogP contribution in [0.15, 0.2) is 22.7 Å². The summed E-state index contributed by atoms with van der Waals surface area (Å²) in [6, 6.07) is 6.28. The van der Waals surface area contributed by atoms with Crippen LogP contribution in [0.4, 0.5) is 0 Å². The predicted molar refractivity (Wildman–Crippen MR) is 80.4 cm³/mol. The molecule has 1 fully saturated rings. The van der Waals surface area contributed by atoms with Gasteiger partial charge in [-0.15, -0.1) is 0 Å². The Morgan fingerprint density at radius 2 is 2.06 bits per heavy atom. The summed E-state index contributed by atoms with van der Waals surface area (Å²) in [6.45, 7) is 0. The van der Waals surface area contributed by atoms with Crippen molar-refractivity contribution in [1.82, 2.24) is 5.43 Å². The second kappa shape index (κ2) is 6.90. The third kappa shape index (κ3) is 3.70. The monoisotopic (exact) mass is 330 g/mol. The highest BCUT2D eigenvalue weighted by Gasteiger charge is 2.19. The Hall–Kier alpha value is -0.0900. The van der Waals surface area contributed by atoms with Crippen molar-refractivity contribution in [3.05, 3.63) is 33.3 Å². The fourth-order valence-electron chi connectivity index (χ4n) is 2.79. The standard InChI is InChI=1S/C14H20BrClN2/c15-12-7-6-11(9-13(12)16)14(18-17)8-10-4-2-1-3-5-10/h6-7,9-10,14,18H,1-5,8,17H2. The molecular weight excluding hydrogens is 312 g/mol. The first-order valence-electron chi connectivity index (χ1n) is 6.62. The summed E-state index contributed by atoms with van der Waals surface area (Å²) < 4.78 is 0.932. The van der Waals surface area contributed by atoms with Gasteiger partial charge in [0.2, 0.25) is 0 Å². The Labute approximate surface area is 122 Å². The molecule has 100 valence electrons. The molecule has 1 saturated carbocycles. The Morgan fingerprint density at radius 1 is 1.33 bits per heavy atom. The number of hydrogen-bond acceptors (Lipinski definition) is 2. The van der Waals surface area contributed by atoms with E-state index in [-0.39, 0.29) is 6.04 Å². The number of rotatable bonds is 4. The molecule has 3 N–H and O–H groups in total. The molecule has 0 radical (unpaired) electrons. The Morgan fingerprint density at radius 3 is 2.67 bits per heavy atom. The minimum Gasteiger partial charge on any atom is -0.271 e. The molecule has 0 spiro atoms. The van der Waals surface area contributed by atoms with E-state index in [4.69, 9.17) is 17.4 Å². The SMILES string of the molecule is NNC(CC1CCCCC1)c1ccc(Br)c(Cl)c1. The van der Waals surface area contributed by atoms with Crippen molar-refractivity contribution in [2.24, 2.45) is 11.8 Å². The average molecular weight is 332 g/mol. The van der Waals surface area contributed by atoms with E-state index in [0.29, 0.717) is 0 Å². The maximum Gasteiger partial charge on any atom is 0.0551 e. The molecule has 0 amide bonds. The second-order valence-corrected chi connectivity index (χ2v) is 6.39. The average Bonchev–Trinajstić information content (AvgIpc) is 2.40. The predicted octanol–water partition coefficient (Wildman–Crippen LogP) is 4.58. The molecule has 0 saturated heterocycles. The van der Waals surface area contributed by atoms with E-state index in [2.05, 4.69) is 27.4 Å². The molecule has 0 heterocycles. The molecule has 1 atom stereocenters. The highest BCUT2D eigenvalue weighted by Crippen LogP contribution is 2.33. The molecular formula is C14H20BrClN2. The van der Waals surface area contributed by atoms with Crippen molar-refractivity contribution in [1.29, 1.82) is 0 Å². The van der Waals surface area contributed by atoms with Crippen molar-refractivity contribution in [2.45, 2.75) is 44.6 Å². The fraction of sp³-hybridized carbons (Fsp3) is 0.571. The highest BCUT2D eigenvalue weighted by atomic mass is 79.9. The third-order valence-electron chi connectivity index (χ3n) is 3.84. The molecule has 0 aromatic heterocycles. The zero-order valence-electron chi connectivity index (χ0n) is 10.5. The lowest BCUT2D eigenvalue weighted by molar-refractivity contribution is 0.301. The van der Waals surface area contributed by atoms with Gasteiger partial charge in [-0.05, 0) is 46.0 Å². The van der Waals surface area contributed by atoms with E-state index in [1.165, 1.54) is 37.7 Å². The molecule has 0 aliphatic heterocycles. The van der Waals surface area contributed by atoms with Crippen LogP contribution in [0, 0.1) is 5.92 Å². The van der Waals surface area contributed by atoms with Crippen LogP contribution in [0.1, 0.15) is 50.1 Å². The van der Waals surface area contributed by atoms with Gasteiger partial charge in [0.15, 0.2) is 0 Å². The molecule has 4 heteroatoms. The summed E-state index contributed by atoms with van der Waals surface area (Å²) in [7, 11) is 0. The van der Waals surface area contributed by atoms with E-state index >= 15 is 0 Å². The molecule has 1 aromatic carbocycles. The number of benzene rings is 1. The lowest BCUT2D eigenvalue weighted by Gasteiger charge is -2.26. The maximum absolute atomic E-state index is 6.14. The summed E-state index contributed by atoms with van der Waals surface area (Å²) in [5, 5.41) is 0.747. The van der Waals surface area contributed by atoms with Gasteiger partial charge in [-0.3, -0.25) is 11.3 Å². The van der Waals surface area contributed by atoms with Crippen LogP contribution >= 0.6 is 27.5 Å². The normalized spacial score (nSPS) is 18.8. The van der Waals surface area contributed by atoms with Crippen molar-refractivity contribution in [3.63, 3.8) is 0 Å². The van der Waals surface area contributed by atoms with E-state index in [1.807, 2.05) is 12.1 Å². The molecule has 2 nitrogen and oxygen atoms in total. The highest BCUT2D eigenvalue weighted by molar-refractivity contribution is 9.10. The largest absolute Gasteiger partial charge is 0.271 e. The van der Waals surface area contributed by atoms with E-state index < -0.39 is 0 Å². The molecule has 1 unspecified atom stereocenters. The van der Waals surface area contributed by atoms with E-state index in [0.717, 1.165) is 21.8 Å². The topological polar surface area (TPSA) is 38.0 Å². The molecule has 1 aliphatic rings. The Bertz CT molecular complexity index is 391. The van der Waals surface area contributed by atoms with Crippen LogP contribution in [0.25, 0.3) is 0 Å². The molecule has 18 heavy (non-hydrogen) atoms. The number of hydrazine groups is 1. The van der Waals surface area contributed by atoms with Gasteiger partial charge in [-0.2, -0.15) is 0 Å². The summed E-state index contributed by atoms with van der Waals surface area (Å²) in [4.78, 5) is 0. The number of halogens is 2. The number of hydrogen-bond donors (Lipinski definition) is 2. The van der Waals surface area contributed by atoms with Gasteiger partial charge < -0.3 is 0 Å². The first-order chi connectivity index (χ1) is 8.70. The van der Waals surface area contributed by atoms with Gasteiger partial charge in [0.05, 0.1) is 5.02 Å². The van der Waals surface area contributed by atoms with Crippen LogP contribution in [0.2, 0.25) is 5.02 Å². The van der Waals surface area contributed by atoms with Gasteiger partial charge in [0, 0.05) is 10.5 Å². The van der Waals surface area contributed by atoms with Crippen molar-refractivity contribution in [3.8, 4) is 0 Å². The fourth-order valence-corrected chi connectivity index (χ4v) is 3.22. The van der Waals surface area contributed by atoms with Crippen LogP contribution in [-0.4, -0.2) is 0 Å². The first kappa shape index (κ1) is 14.3. The van der Waals surface area contributed by atoms with Crippen molar-refractivity contribution >= 4 is 27.5 Å². The van der Waals surface area contributed by atoms with Crippen molar-refractivity contribution in [2.75, 3.05) is 0 Å². The number of nitrogens with two attached hydrogens (primary N) is 1. The Balaban J connectivity index is 2.04. The lowest BCUT2D eigenvalue weighted by Crippen LogP contribution is -2.30. The van der Waals surface area contributed by atoms with Crippen LogP contribution < -0.4 is 11.3 Å². The molecule has 0 bridgehead atoms. The molecule has 2 rings (SSSR count). The smallest absolute Gasteiger partial charge is 0.0551 e. The van der Waals surface area contributed by atoms with Gasteiger partial charge in [-0.1, -0.05) is 49.8 Å². The summed E-state index contributed by atoms with van der Waals surface area (Å²) in [6.07, 6.45) is 7.90. The van der Waals surface area contributed by atoms with E-state index in [9.17, 15) is 0 Å². The quantitative estimate of drug-likeness (QED) is 0.626. The Kier molecular flexibility index (Phi) is 5.49. The van der Waals surface area contributed by atoms with Crippen LogP contribution in [0.5, 0.6) is 0 Å². The van der Waals surface area contributed by atoms with Gasteiger partial charge in [0.1, 0.15) is 0 Å². The second-order valence-electron chi connectivity index (χ2n) is 5.13. The molecule has 1 aliphatic carbocycles. The van der Waals surface area contributed by atoms with Gasteiger partial charge >= 0.3 is 0 Å². The minimum absolute atomic E-state index is 0.207. The van der Waals surface area contributed by atoms with E-state index in [1.54, 1.807) is 0 Å². The van der Waals surface area contributed by atoms with Crippen molar-refractivity contribution < 1.29 is 0 Å². The van der Waals surface area contributed by atoms with Gasteiger partial charge in [0.25, 0.3) is 0 Å². The zero-order chi connectivity index (χ0) is 13.0. The van der Waals surface area contributed by atoms with Crippen LogP contribution in [0.3, 0.4) is 0 Å². The summed E-state index contributed by atoms with van der Waals surface area (Å²) >= 11 is 9.56. The van der Waals surface area contributed by atoms with Crippen LogP contribution in [-0.2, 0) is 0 Å². The lowest BCUT2D eigenvalue weighted by atomic mass is 9.83. The number of nitrogens with one attached hydrogen (secondary N) is 1. The third-order valence-corrected chi connectivity index (χ3v) is 5.07. The van der Waals surface area contributed by atoms with Gasteiger partial charge in [-0.25, -0.2) is 0 Å². The molecule has 1 aromatic rings. The maximum atomic E-state index is 6.14. The zero-order valence-corrected chi connectivity index (χ0v) is 12.8. The minimum atomic E-state index is 0.207.